The minimum absolute atomic E-state index is 0.156. The topological polar surface area (TPSA) is 40.8 Å². The van der Waals surface area contributed by atoms with E-state index in [-0.39, 0.29) is 6.04 Å². The molecular weight excluding hydrogens is 222 g/mol. The predicted molar refractivity (Wildman–Crippen MR) is 72.8 cm³/mol. The molecule has 1 atom stereocenters. The van der Waals surface area contributed by atoms with Crippen LogP contribution in [0.4, 0.5) is 0 Å². The highest BCUT2D eigenvalue weighted by Crippen LogP contribution is 2.16. The van der Waals surface area contributed by atoms with Crippen molar-refractivity contribution in [2.45, 2.75) is 26.8 Å². The highest BCUT2D eigenvalue weighted by Gasteiger charge is 2.08. The van der Waals surface area contributed by atoms with Crippen LogP contribution in [0, 0.1) is 25.2 Å². The summed E-state index contributed by atoms with van der Waals surface area (Å²) in [5.74, 6) is 0. The van der Waals surface area contributed by atoms with Gasteiger partial charge >= 0.3 is 0 Å². The van der Waals surface area contributed by atoms with Crippen LogP contribution in [0.3, 0.4) is 0 Å². The molecule has 2 rings (SSSR count). The molecule has 0 bridgehead atoms. The molecule has 3 heteroatoms. The van der Waals surface area contributed by atoms with E-state index in [0.717, 1.165) is 5.56 Å². The fourth-order valence-electron chi connectivity index (χ4n) is 2.02. The van der Waals surface area contributed by atoms with E-state index < -0.39 is 0 Å². The molecule has 0 saturated heterocycles. The largest absolute Gasteiger partial charge is 0.319 e. The molecule has 0 saturated carbocycles. The lowest BCUT2D eigenvalue weighted by molar-refractivity contribution is 0.699. The normalized spacial score (nSPS) is 11.9. The van der Waals surface area contributed by atoms with Gasteiger partial charge in [-0.15, -0.1) is 0 Å². The molecule has 1 unspecified atom stereocenters. The predicted octanol–water partition coefficient (Wildman–Crippen LogP) is 3.28. The Kier molecular flexibility index (Phi) is 3.38. The lowest BCUT2D eigenvalue weighted by atomic mass is 10.1. The van der Waals surface area contributed by atoms with Gasteiger partial charge in [-0.05, 0) is 50.6 Å². The van der Waals surface area contributed by atoms with Crippen molar-refractivity contribution in [2.24, 2.45) is 0 Å². The highest BCUT2D eigenvalue weighted by molar-refractivity contribution is 5.35. The molecule has 1 N–H and O–H groups in total. The average Bonchev–Trinajstić information content (AvgIpc) is 2.70. The number of nitriles is 1. The lowest BCUT2D eigenvalue weighted by Gasteiger charge is -2.20. The zero-order valence-electron chi connectivity index (χ0n) is 10.9. The summed E-state index contributed by atoms with van der Waals surface area (Å²) in [5, 5.41) is 8.91. The van der Waals surface area contributed by atoms with Crippen molar-refractivity contribution in [1.82, 2.24) is 4.68 Å². The van der Waals surface area contributed by atoms with Gasteiger partial charge in [0.25, 0.3) is 0 Å². The van der Waals surface area contributed by atoms with Gasteiger partial charge in [0, 0.05) is 11.4 Å². The quantitative estimate of drug-likeness (QED) is 0.893. The highest BCUT2D eigenvalue weighted by atomic mass is 15.4. The van der Waals surface area contributed by atoms with E-state index in [1.165, 1.54) is 11.4 Å². The number of hydrogen-bond acceptors (Lipinski definition) is 2. The summed E-state index contributed by atoms with van der Waals surface area (Å²) >= 11 is 0. The molecule has 0 aliphatic rings. The number of nitrogens with zero attached hydrogens (tertiary/aromatic N) is 2. The number of aromatic nitrogens is 1. The number of benzene rings is 1. The van der Waals surface area contributed by atoms with E-state index in [0.29, 0.717) is 5.56 Å². The molecule has 1 aromatic heterocycles. The Labute approximate surface area is 108 Å². The molecular formula is C15H17N3. The van der Waals surface area contributed by atoms with Crippen LogP contribution in [0.15, 0.2) is 36.4 Å². The summed E-state index contributed by atoms with van der Waals surface area (Å²) in [4.78, 5) is 0. The summed E-state index contributed by atoms with van der Waals surface area (Å²) in [6.45, 7) is 6.23. The van der Waals surface area contributed by atoms with Crippen LogP contribution in [0.1, 0.15) is 35.5 Å². The number of hydrogen-bond donors (Lipinski definition) is 1. The van der Waals surface area contributed by atoms with E-state index in [4.69, 9.17) is 5.26 Å². The van der Waals surface area contributed by atoms with Crippen LogP contribution in [0.25, 0.3) is 0 Å². The van der Waals surface area contributed by atoms with Gasteiger partial charge in [-0.3, -0.25) is 4.68 Å². The van der Waals surface area contributed by atoms with Crippen LogP contribution in [-0.4, -0.2) is 4.68 Å². The second-order valence-electron chi connectivity index (χ2n) is 4.54. The van der Waals surface area contributed by atoms with Crippen molar-refractivity contribution in [3.63, 3.8) is 0 Å². The van der Waals surface area contributed by atoms with E-state index in [9.17, 15) is 0 Å². The van der Waals surface area contributed by atoms with Crippen molar-refractivity contribution in [3.05, 3.63) is 58.9 Å². The van der Waals surface area contributed by atoms with Gasteiger partial charge in [0.15, 0.2) is 0 Å². The average molecular weight is 239 g/mol. The van der Waals surface area contributed by atoms with Gasteiger partial charge in [-0.2, -0.15) is 5.26 Å². The maximum atomic E-state index is 8.91. The summed E-state index contributed by atoms with van der Waals surface area (Å²) in [6.07, 6.45) is 0. The Morgan fingerprint density at radius 1 is 1.17 bits per heavy atom. The first kappa shape index (κ1) is 12.3. The first-order chi connectivity index (χ1) is 8.61. The number of aryl methyl sites for hydroxylation is 2. The third-order valence-corrected chi connectivity index (χ3v) is 3.11. The molecule has 0 fully saturated rings. The maximum absolute atomic E-state index is 8.91. The van der Waals surface area contributed by atoms with Gasteiger partial charge in [-0.25, -0.2) is 0 Å². The standard InChI is InChI=1S/C15H17N3/c1-11-7-8-12(2)18(11)17-13(3)15-6-4-5-14(9-15)10-16/h4-9,13,17H,1-3H3. The molecule has 0 amide bonds. The SMILES string of the molecule is Cc1ccc(C)n1NC(C)c1cccc(C#N)c1. The van der Waals surface area contributed by atoms with Gasteiger partial charge in [0.05, 0.1) is 17.7 Å². The van der Waals surface area contributed by atoms with E-state index in [1.54, 1.807) is 0 Å². The zero-order chi connectivity index (χ0) is 13.1. The molecule has 0 radical (unpaired) electrons. The molecule has 0 spiro atoms. The number of rotatable bonds is 3. The van der Waals surface area contributed by atoms with Crippen LogP contribution < -0.4 is 5.43 Å². The summed E-state index contributed by atoms with van der Waals surface area (Å²) < 4.78 is 2.07. The van der Waals surface area contributed by atoms with Crippen molar-refractivity contribution in [3.8, 4) is 6.07 Å². The Morgan fingerprint density at radius 2 is 1.83 bits per heavy atom. The second kappa shape index (κ2) is 4.97. The maximum Gasteiger partial charge on any atom is 0.0991 e. The van der Waals surface area contributed by atoms with E-state index in [2.05, 4.69) is 49.1 Å². The second-order valence-corrected chi connectivity index (χ2v) is 4.54. The Morgan fingerprint density at radius 3 is 2.44 bits per heavy atom. The first-order valence-electron chi connectivity index (χ1n) is 6.03. The molecule has 0 aliphatic heterocycles. The Bertz CT molecular complexity index is 571. The monoisotopic (exact) mass is 239 g/mol. The summed E-state index contributed by atoms with van der Waals surface area (Å²) in [7, 11) is 0. The van der Waals surface area contributed by atoms with Crippen LogP contribution in [0.5, 0.6) is 0 Å². The molecule has 18 heavy (non-hydrogen) atoms. The van der Waals surface area contributed by atoms with Crippen molar-refractivity contribution in [2.75, 3.05) is 5.43 Å². The minimum atomic E-state index is 0.156. The molecule has 0 aliphatic carbocycles. The fraction of sp³-hybridized carbons (Fsp3) is 0.267. The van der Waals surface area contributed by atoms with E-state index >= 15 is 0 Å². The molecule has 3 nitrogen and oxygen atoms in total. The van der Waals surface area contributed by atoms with Crippen molar-refractivity contribution >= 4 is 0 Å². The first-order valence-corrected chi connectivity index (χ1v) is 6.03. The van der Waals surface area contributed by atoms with Gasteiger partial charge in [0.1, 0.15) is 0 Å². The Balaban J connectivity index is 2.22. The van der Waals surface area contributed by atoms with Crippen LogP contribution in [-0.2, 0) is 0 Å². The van der Waals surface area contributed by atoms with Crippen LogP contribution >= 0.6 is 0 Å². The molecule has 1 aromatic carbocycles. The van der Waals surface area contributed by atoms with Crippen LogP contribution in [0.2, 0.25) is 0 Å². The summed E-state index contributed by atoms with van der Waals surface area (Å²) in [6, 6.07) is 14.2. The smallest absolute Gasteiger partial charge is 0.0991 e. The van der Waals surface area contributed by atoms with Crippen molar-refractivity contribution < 1.29 is 0 Å². The third-order valence-electron chi connectivity index (χ3n) is 3.11. The third kappa shape index (κ3) is 2.38. The number of nitrogens with one attached hydrogen (secondary N) is 1. The minimum Gasteiger partial charge on any atom is -0.319 e. The Hall–Kier alpha value is -2.21. The molecule has 1 heterocycles. The van der Waals surface area contributed by atoms with E-state index in [1.807, 2.05) is 24.3 Å². The summed E-state index contributed by atoms with van der Waals surface area (Å²) in [5.41, 5.74) is 7.60. The van der Waals surface area contributed by atoms with Gasteiger partial charge < -0.3 is 5.43 Å². The van der Waals surface area contributed by atoms with Crippen molar-refractivity contribution in [1.29, 1.82) is 5.26 Å². The fourth-order valence-corrected chi connectivity index (χ4v) is 2.02. The van der Waals surface area contributed by atoms with Gasteiger partial charge in [0.2, 0.25) is 0 Å². The zero-order valence-corrected chi connectivity index (χ0v) is 10.9. The lowest BCUT2D eigenvalue weighted by Crippen LogP contribution is -2.20. The molecule has 92 valence electrons. The van der Waals surface area contributed by atoms with Gasteiger partial charge in [-0.1, -0.05) is 12.1 Å². The molecule has 2 aromatic rings.